The van der Waals surface area contributed by atoms with Crippen LogP contribution in [0.2, 0.25) is 0 Å². The first-order chi connectivity index (χ1) is 11.7. The normalized spacial score (nSPS) is 10.5. The number of carbonyl (C=O) groups excluding carboxylic acids is 1. The first-order valence-corrected chi connectivity index (χ1v) is 7.60. The molecule has 5 nitrogen and oxygen atoms in total. The Kier molecular flexibility index (Phi) is 6.25. The third kappa shape index (κ3) is 4.52. The van der Waals surface area contributed by atoms with Gasteiger partial charge in [-0.05, 0) is 49.4 Å². The molecule has 0 saturated heterocycles. The Hall–Kier alpha value is -2.95. The summed E-state index contributed by atoms with van der Waals surface area (Å²) in [5.74, 6) is 1.80. The second-order valence-corrected chi connectivity index (χ2v) is 4.87. The highest BCUT2D eigenvalue weighted by molar-refractivity contribution is 6.05. The van der Waals surface area contributed by atoms with E-state index in [0.717, 1.165) is 11.4 Å². The molecule has 126 valence electrons. The Bertz CT molecular complexity index is 708. The molecule has 2 aromatic carbocycles. The lowest BCUT2D eigenvalue weighted by atomic mass is 10.1. The third-order valence-electron chi connectivity index (χ3n) is 3.32. The number of ketones is 1. The number of allylic oxidation sites excluding steroid dienone is 1. The molecule has 0 fully saturated rings. The number of nitrogens with one attached hydrogen (secondary N) is 1. The largest absolute Gasteiger partial charge is 0.494 e. The van der Waals surface area contributed by atoms with Gasteiger partial charge in [0.05, 0.1) is 20.8 Å². The fourth-order valence-corrected chi connectivity index (χ4v) is 2.11. The molecule has 2 rings (SSSR count). The van der Waals surface area contributed by atoms with E-state index in [2.05, 4.69) is 5.32 Å². The van der Waals surface area contributed by atoms with Crippen LogP contribution in [-0.4, -0.2) is 26.6 Å². The van der Waals surface area contributed by atoms with Crippen LogP contribution in [0.25, 0.3) is 0 Å². The van der Waals surface area contributed by atoms with Crippen LogP contribution >= 0.6 is 0 Å². The topological polar surface area (TPSA) is 56.8 Å². The van der Waals surface area contributed by atoms with Gasteiger partial charge in [-0.25, -0.2) is 0 Å². The minimum atomic E-state index is -0.130. The lowest BCUT2D eigenvalue weighted by Crippen LogP contribution is -1.98. The van der Waals surface area contributed by atoms with Crippen LogP contribution < -0.4 is 19.5 Å². The highest BCUT2D eigenvalue weighted by Gasteiger charge is 2.08. The molecule has 0 saturated carbocycles. The molecule has 0 amide bonds. The molecular weight excluding hydrogens is 306 g/mol. The number of anilines is 1. The van der Waals surface area contributed by atoms with Crippen LogP contribution in [0.4, 0.5) is 5.69 Å². The van der Waals surface area contributed by atoms with Crippen LogP contribution in [0.5, 0.6) is 17.2 Å². The quantitative estimate of drug-likeness (QED) is 0.588. The average molecular weight is 327 g/mol. The van der Waals surface area contributed by atoms with Gasteiger partial charge in [0, 0.05) is 23.5 Å². The first-order valence-electron chi connectivity index (χ1n) is 7.60. The predicted molar refractivity (Wildman–Crippen MR) is 94.3 cm³/mol. The summed E-state index contributed by atoms with van der Waals surface area (Å²) in [5, 5.41) is 3.05. The fourth-order valence-electron chi connectivity index (χ4n) is 2.11. The molecule has 0 aliphatic rings. The summed E-state index contributed by atoms with van der Waals surface area (Å²) in [5.41, 5.74) is 1.40. The van der Waals surface area contributed by atoms with Crippen molar-refractivity contribution >= 4 is 11.5 Å². The third-order valence-corrected chi connectivity index (χ3v) is 3.32. The number of benzene rings is 2. The van der Waals surface area contributed by atoms with Gasteiger partial charge in [0.25, 0.3) is 0 Å². The minimum Gasteiger partial charge on any atom is -0.494 e. The van der Waals surface area contributed by atoms with Crippen LogP contribution in [0.3, 0.4) is 0 Å². The van der Waals surface area contributed by atoms with Gasteiger partial charge in [-0.2, -0.15) is 0 Å². The SMILES string of the molecule is CCOc1ccc(NC=CC(=O)c2ccc(OC)c(OC)c2)cc1. The minimum absolute atomic E-state index is 0.130. The smallest absolute Gasteiger partial charge is 0.187 e. The second kappa shape index (κ2) is 8.62. The summed E-state index contributed by atoms with van der Waals surface area (Å²) < 4.78 is 15.7. The van der Waals surface area contributed by atoms with Crippen LogP contribution in [-0.2, 0) is 0 Å². The number of ether oxygens (including phenoxy) is 3. The van der Waals surface area contributed by atoms with Gasteiger partial charge in [0.15, 0.2) is 17.3 Å². The van der Waals surface area contributed by atoms with Gasteiger partial charge in [0.2, 0.25) is 0 Å². The summed E-state index contributed by atoms with van der Waals surface area (Å²) in [6.07, 6.45) is 3.08. The molecule has 2 aromatic rings. The molecule has 0 aliphatic carbocycles. The molecule has 0 aliphatic heterocycles. The number of carbonyl (C=O) groups is 1. The van der Waals surface area contributed by atoms with Crippen molar-refractivity contribution < 1.29 is 19.0 Å². The van der Waals surface area contributed by atoms with E-state index in [4.69, 9.17) is 14.2 Å². The van der Waals surface area contributed by atoms with E-state index >= 15 is 0 Å². The fraction of sp³-hybridized carbons (Fsp3) is 0.211. The van der Waals surface area contributed by atoms with Crippen LogP contribution in [0.1, 0.15) is 17.3 Å². The monoisotopic (exact) mass is 327 g/mol. The van der Waals surface area contributed by atoms with Crippen molar-refractivity contribution in [2.45, 2.75) is 6.92 Å². The Morgan fingerprint density at radius 1 is 1.04 bits per heavy atom. The van der Waals surface area contributed by atoms with Crippen LogP contribution in [0, 0.1) is 0 Å². The highest BCUT2D eigenvalue weighted by Crippen LogP contribution is 2.27. The molecule has 0 bridgehead atoms. The van der Waals surface area contributed by atoms with Crippen molar-refractivity contribution in [3.8, 4) is 17.2 Å². The van der Waals surface area contributed by atoms with Crippen molar-refractivity contribution in [1.29, 1.82) is 0 Å². The molecule has 1 N–H and O–H groups in total. The van der Waals surface area contributed by atoms with Gasteiger partial charge in [-0.3, -0.25) is 4.79 Å². The van der Waals surface area contributed by atoms with Gasteiger partial charge < -0.3 is 19.5 Å². The molecule has 0 unspecified atom stereocenters. The van der Waals surface area contributed by atoms with Gasteiger partial charge in [-0.15, -0.1) is 0 Å². The van der Waals surface area contributed by atoms with Crippen molar-refractivity contribution in [2.75, 3.05) is 26.1 Å². The number of rotatable bonds is 8. The van der Waals surface area contributed by atoms with E-state index in [1.807, 2.05) is 31.2 Å². The number of hydrogen-bond acceptors (Lipinski definition) is 5. The van der Waals surface area contributed by atoms with Crippen LogP contribution in [0.15, 0.2) is 54.7 Å². The Morgan fingerprint density at radius 3 is 2.38 bits per heavy atom. The zero-order valence-corrected chi connectivity index (χ0v) is 14.0. The Morgan fingerprint density at radius 2 is 1.75 bits per heavy atom. The molecular formula is C19H21NO4. The number of methoxy groups -OCH3 is 2. The van der Waals surface area contributed by atoms with E-state index < -0.39 is 0 Å². The van der Waals surface area contributed by atoms with E-state index in [1.165, 1.54) is 13.2 Å². The molecule has 5 heteroatoms. The summed E-state index contributed by atoms with van der Waals surface area (Å²) >= 11 is 0. The van der Waals surface area contributed by atoms with Gasteiger partial charge in [-0.1, -0.05) is 0 Å². The summed E-state index contributed by atoms with van der Waals surface area (Å²) in [6, 6.07) is 12.6. The summed E-state index contributed by atoms with van der Waals surface area (Å²) in [6.45, 7) is 2.57. The van der Waals surface area contributed by atoms with Crippen molar-refractivity contribution in [2.24, 2.45) is 0 Å². The maximum absolute atomic E-state index is 12.2. The first kappa shape index (κ1) is 17.4. The summed E-state index contributed by atoms with van der Waals surface area (Å²) in [4.78, 5) is 12.2. The van der Waals surface area contributed by atoms with Crippen molar-refractivity contribution in [3.05, 3.63) is 60.3 Å². The standard InChI is InChI=1S/C19H21NO4/c1-4-24-16-8-6-15(7-9-16)20-12-11-17(21)14-5-10-18(22-2)19(13-14)23-3/h5-13,20H,4H2,1-3H3. The Labute approximate surface area is 141 Å². The molecule has 0 radical (unpaired) electrons. The van der Waals surface area contributed by atoms with E-state index in [0.29, 0.717) is 23.7 Å². The van der Waals surface area contributed by atoms with Crippen molar-refractivity contribution in [1.82, 2.24) is 0 Å². The maximum atomic E-state index is 12.2. The Balaban J connectivity index is 1.99. The zero-order chi connectivity index (χ0) is 17.4. The van der Waals surface area contributed by atoms with E-state index in [-0.39, 0.29) is 5.78 Å². The van der Waals surface area contributed by atoms with Crippen molar-refractivity contribution in [3.63, 3.8) is 0 Å². The molecule has 0 heterocycles. The molecule has 24 heavy (non-hydrogen) atoms. The van der Waals surface area contributed by atoms with Gasteiger partial charge in [0.1, 0.15) is 5.75 Å². The van der Waals surface area contributed by atoms with Gasteiger partial charge >= 0.3 is 0 Å². The van der Waals surface area contributed by atoms with E-state index in [9.17, 15) is 4.79 Å². The molecule has 0 aromatic heterocycles. The summed E-state index contributed by atoms with van der Waals surface area (Å²) in [7, 11) is 3.09. The lowest BCUT2D eigenvalue weighted by Gasteiger charge is -2.08. The molecule has 0 spiro atoms. The average Bonchev–Trinajstić information content (AvgIpc) is 2.62. The highest BCUT2D eigenvalue weighted by atomic mass is 16.5. The predicted octanol–water partition coefficient (Wildman–Crippen LogP) is 3.91. The maximum Gasteiger partial charge on any atom is 0.187 e. The van der Waals surface area contributed by atoms with E-state index in [1.54, 1.807) is 31.5 Å². The number of hydrogen-bond donors (Lipinski definition) is 1. The lowest BCUT2D eigenvalue weighted by molar-refractivity contribution is 0.104. The molecule has 0 atom stereocenters. The zero-order valence-electron chi connectivity index (χ0n) is 14.0. The second-order valence-electron chi connectivity index (χ2n) is 4.87.